The fourth-order valence-electron chi connectivity index (χ4n) is 1.51. The van der Waals surface area contributed by atoms with Gasteiger partial charge in [-0.1, -0.05) is 0 Å². The Morgan fingerprint density at radius 3 is 2.92 bits per heavy atom. The average Bonchev–Trinajstić information content (AvgIpc) is 2.33. The van der Waals surface area contributed by atoms with Crippen molar-refractivity contribution in [3.8, 4) is 0 Å². The van der Waals surface area contributed by atoms with Crippen molar-refractivity contribution in [1.82, 2.24) is 4.90 Å². The summed E-state index contributed by atoms with van der Waals surface area (Å²) in [4.78, 5) is 3.88. The molecule has 1 aromatic rings. The molecule has 0 amide bonds. The minimum absolute atomic E-state index is 0.422. The number of nitrogens with zero attached hydrogens (tertiary/aromatic N) is 1. The molecule has 0 spiro atoms. The first-order chi connectivity index (χ1) is 5.75. The van der Waals surface area contributed by atoms with Crippen molar-refractivity contribution in [2.75, 3.05) is 13.1 Å². The molecule has 1 fully saturated rings. The zero-order chi connectivity index (χ0) is 8.55. The van der Waals surface area contributed by atoms with Gasteiger partial charge >= 0.3 is 0 Å². The van der Waals surface area contributed by atoms with Crippen LogP contribution in [0.3, 0.4) is 0 Å². The Hall–Kier alpha value is -0.380. The lowest BCUT2D eigenvalue weighted by atomic mass is 10.1. The molecule has 0 radical (unpaired) electrons. The van der Waals surface area contributed by atoms with Crippen LogP contribution < -0.4 is 5.73 Å². The molecule has 3 heteroatoms. The molecular formula is C9H14N2S. The summed E-state index contributed by atoms with van der Waals surface area (Å²) in [6.45, 7) is 5.40. The number of nitrogens with two attached hydrogens (primary N) is 1. The molecule has 12 heavy (non-hydrogen) atoms. The summed E-state index contributed by atoms with van der Waals surface area (Å²) in [5.41, 5.74) is 7.11. The Balaban J connectivity index is 1.92. The van der Waals surface area contributed by atoms with Crippen LogP contribution in [0.5, 0.6) is 0 Å². The summed E-state index contributed by atoms with van der Waals surface area (Å²) in [6.07, 6.45) is 0. The van der Waals surface area contributed by atoms with Gasteiger partial charge in [0.25, 0.3) is 0 Å². The van der Waals surface area contributed by atoms with Crippen LogP contribution in [0.1, 0.15) is 10.4 Å². The van der Waals surface area contributed by atoms with E-state index in [9.17, 15) is 0 Å². The van der Waals surface area contributed by atoms with Gasteiger partial charge < -0.3 is 5.73 Å². The number of hydrogen-bond donors (Lipinski definition) is 1. The molecule has 1 aromatic heterocycles. The number of aryl methyl sites for hydroxylation is 1. The fraction of sp³-hybridized carbons (Fsp3) is 0.556. The van der Waals surface area contributed by atoms with Crippen LogP contribution in [0.4, 0.5) is 0 Å². The van der Waals surface area contributed by atoms with Crippen LogP contribution in [0.15, 0.2) is 11.4 Å². The van der Waals surface area contributed by atoms with Gasteiger partial charge in [0.1, 0.15) is 0 Å². The number of likely N-dealkylation sites (tertiary alicyclic amines) is 1. The summed E-state index contributed by atoms with van der Waals surface area (Å²) in [7, 11) is 0. The van der Waals surface area contributed by atoms with Crippen LogP contribution >= 0.6 is 11.3 Å². The van der Waals surface area contributed by atoms with Crippen LogP contribution in [-0.2, 0) is 6.54 Å². The Morgan fingerprint density at radius 2 is 2.42 bits per heavy atom. The van der Waals surface area contributed by atoms with Crippen molar-refractivity contribution < 1.29 is 0 Å². The average molecular weight is 182 g/mol. The minimum atomic E-state index is 0.422. The van der Waals surface area contributed by atoms with Gasteiger partial charge in [-0.2, -0.15) is 0 Å². The third kappa shape index (κ3) is 1.53. The lowest BCUT2D eigenvalue weighted by Gasteiger charge is -2.36. The third-order valence-corrected chi connectivity index (χ3v) is 3.33. The van der Waals surface area contributed by atoms with E-state index in [1.165, 1.54) is 10.4 Å². The van der Waals surface area contributed by atoms with E-state index in [4.69, 9.17) is 5.73 Å². The maximum Gasteiger partial charge on any atom is 0.0331 e. The standard InChI is InChI=1S/C9H14N2S/c1-7-2-3-12-9(7)6-11-4-8(10)5-11/h2-3,8H,4-6,10H2,1H3. The lowest BCUT2D eigenvalue weighted by Crippen LogP contribution is -2.54. The van der Waals surface area contributed by atoms with Gasteiger partial charge in [-0.25, -0.2) is 0 Å². The van der Waals surface area contributed by atoms with E-state index in [0.29, 0.717) is 6.04 Å². The largest absolute Gasteiger partial charge is 0.325 e. The van der Waals surface area contributed by atoms with Crippen molar-refractivity contribution in [3.05, 3.63) is 21.9 Å². The Labute approximate surface area is 77.0 Å². The zero-order valence-electron chi connectivity index (χ0n) is 7.29. The van der Waals surface area contributed by atoms with Crippen LogP contribution in [0, 0.1) is 6.92 Å². The molecule has 66 valence electrons. The second kappa shape index (κ2) is 3.17. The summed E-state index contributed by atoms with van der Waals surface area (Å²) in [5, 5.41) is 2.16. The summed E-state index contributed by atoms with van der Waals surface area (Å²) in [5.74, 6) is 0. The monoisotopic (exact) mass is 182 g/mol. The predicted octanol–water partition coefficient (Wildman–Crippen LogP) is 1.20. The van der Waals surface area contributed by atoms with Gasteiger partial charge in [-0.05, 0) is 23.9 Å². The first kappa shape index (κ1) is 8.23. The zero-order valence-corrected chi connectivity index (χ0v) is 8.10. The molecule has 2 nitrogen and oxygen atoms in total. The van der Waals surface area contributed by atoms with Gasteiger partial charge in [0, 0.05) is 30.6 Å². The maximum atomic E-state index is 5.70. The molecule has 1 saturated heterocycles. The molecule has 2 heterocycles. The normalized spacial score (nSPS) is 19.5. The van der Waals surface area contributed by atoms with Gasteiger partial charge in [-0.15, -0.1) is 11.3 Å². The van der Waals surface area contributed by atoms with Crippen molar-refractivity contribution in [3.63, 3.8) is 0 Å². The second-order valence-corrected chi connectivity index (χ2v) is 4.48. The molecule has 1 aliphatic rings. The van der Waals surface area contributed by atoms with Crippen LogP contribution in [0.2, 0.25) is 0 Å². The molecular weight excluding hydrogens is 168 g/mol. The van der Waals surface area contributed by atoms with Crippen LogP contribution in [0.25, 0.3) is 0 Å². The second-order valence-electron chi connectivity index (χ2n) is 3.48. The van der Waals surface area contributed by atoms with Crippen molar-refractivity contribution in [2.45, 2.75) is 19.5 Å². The van der Waals surface area contributed by atoms with Crippen molar-refractivity contribution >= 4 is 11.3 Å². The van der Waals surface area contributed by atoms with E-state index in [0.717, 1.165) is 19.6 Å². The molecule has 0 unspecified atom stereocenters. The predicted molar refractivity (Wildman–Crippen MR) is 52.3 cm³/mol. The van der Waals surface area contributed by atoms with Gasteiger partial charge in [0.15, 0.2) is 0 Å². The molecule has 0 saturated carbocycles. The maximum absolute atomic E-state index is 5.70. The molecule has 2 N–H and O–H groups in total. The quantitative estimate of drug-likeness (QED) is 0.744. The Morgan fingerprint density at radius 1 is 1.67 bits per heavy atom. The molecule has 0 aromatic carbocycles. The SMILES string of the molecule is Cc1ccsc1CN1CC(N)C1. The van der Waals surface area contributed by atoms with Gasteiger partial charge in [-0.3, -0.25) is 4.90 Å². The molecule has 1 aliphatic heterocycles. The highest BCUT2D eigenvalue weighted by molar-refractivity contribution is 7.10. The van der Waals surface area contributed by atoms with E-state index in [2.05, 4.69) is 23.3 Å². The molecule has 0 bridgehead atoms. The Bertz CT molecular complexity index is 263. The lowest BCUT2D eigenvalue weighted by molar-refractivity contribution is 0.143. The molecule has 0 aliphatic carbocycles. The van der Waals surface area contributed by atoms with Crippen molar-refractivity contribution in [2.24, 2.45) is 5.73 Å². The van der Waals surface area contributed by atoms with Crippen LogP contribution in [-0.4, -0.2) is 24.0 Å². The first-order valence-electron chi connectivity index (χ1n) is 4.26. The smallest absolute Gasteiger partial charge is 0.0331 e. The van der Waals surface area contributed by atoms with E-state index < -0.39 is 0 Å². The number of rotatable bonds is 2. The highest BCUT2D eigenvalue weighted by Crippen LogP contribution is 2.20. The minimum Gasteiger partial charge on any atom is -0.325 e. The van der Waals surface area contributed by atoms with E-state index in [1.807, 2.05) is 11.3 Å². The highest BCUT2D eigenvalue weighted by atomic mass is 32.1. The van der Waals surface area contributed by atoms with E-state index >= 15 is 0 Å². The van der Waals surface area contributed by atoms with E-state index in [1.54, 1.807) is 0 Å². The fourth-order valence-corrected chi connectivity index (χ4v) is 2.46. The van der Waals surface area contributed by atoms with Crippen molar-refractivity contribution in [1.29, 1.82) is 0 Å². The topological polar surface area (TPSA) is 29.3 Å². The third-order valence-electron chi connectivity index (χ3n) is 2.32. The Kier molecular flexibility index (Phi) is 2.17. The first-order valence-corrected chi connectivity index (χ1v) is 5.14. The summed E-state index contributed by atoms with van der Waals surface area (Å²) >= 11 is 1.85. The number of hydrogen-bond acceptors (Lipinski definition) is 3. The summed E-state index contributed by atoms with van der Waals surface area (Å²) in [6, 6.07) is 2.60. The van der Waals surface area contributed by atoms with Gasteiger partial charge in [0.2, 0.25) is 0 Å². The van der Waals surface area contributed by atoms with E-state index in [-0.39, 0.29) is 0 Å². The highest BCUT2D eigenvalue weighted by Gasteiger charge is 2.23. The van der Waals surface area contributed by atoms with Gasteiger partial charge in [0.05, 0.1) is 0 Å². The summed E-state index contributed by atoms with van der Waals surface area (Å²) < 4.78 is 0. The number of thiophene rings is 1. The molecule has 2 rings (SSSR count). The molecule has 0 atom stereocenters.